The third kappa shape index (κ3) is 4.57. The van der Waals surface area contributed by atoms with Crippen LogP contribution in [0.1, 0.15) is 29.5 Å². The molecule has 1 atom stereocenters. The van der Waals surface area contributed by atoms with Crippen LogP contribution in [0, 0.1) is 32.1 Å². The Labute approximate surface area is 137 Å². The van der Waals surface area contributed by atoms with Crippen LogP contribution in [0.2, 0.25) is 0 Å². The zero-order chi connectivity index (χ0) is 16.8. The maximum Gasteiger partial charge on any atom is 0.263 e. The maximum atomic E-state index is 12.1. The fourth-order valence-corrected chi connectivity index (χ4v) is 2.81. The number of aryl methyl sites for hydroxylation is 3. The Balaban J connectivity index is 2.01. The lowest BCUT2D eigenvalue weighted by Gasteiger charge is -2.12. The molecule has 0 saturated carbocycles. The van der Waals surface area contributed by atoms with Gasteiger partial charge in [0.25, 0.3) is 5.91 Å². The first-order chi connectivity index (χ1) is 11.0. The molecule has 1 aliphatic rings. The molecule has 1 saturated heterocycles. The van der Waals surface area contributed by atoms with Crippen molar-refractivity contribution in [2.24, 2.45) is 0 Å². The molecule has 0 radical (unpaired) electrons. The molecule has 1 aliphatic heterocycles. The summed E-state index contributed by atoms with van der Waals surface area (Å²) in [6.07, 6.45) is 3.50. The molecule has 2 N–H and O–H groups in total. The quantitative estimate of drug-likeness (QED) is 0.647. The lowest BCUT2D eigenvalue weighted by molar-refractivity contribution is -0.117. The highest BCUT2D eigenvalue weighted by Crippen LogP contribution is 2.22. The lowest BCUT2D eigenvalue weighted by atomic mass is 10.1. The number of nitriles is 1. The smallest absolute Gasteiger partial charge is 0.263 e. The summed E-state index contributed by atoms with van der Waals surface area (Å²) in [5, 5.41) is 15.0. The SMILES string of the molecule is Cc1cc(C)c(N/C=C(/C#N)C(=O)NCC2CCCO2)c(C)c1. The number of ether oxygens (including phenoxy) is 1. The molecule has 122 valence electrons. The average molecular weight is 313 g/mol. The first kappa shape index (κ1) is 17.0. The molecule has 0 aliphatic carbocycles. The van der Waals surface area contributed by atoms with Gasteiger partial charge in [-0.3, -0.25) is 4.79 Å². The van der Waals surface area contributed by atoms with Crippen LogP contribution in [0.4, 0.5) is 5.69 Å². The largest absolute Gasteiger partial charge is 0.376 e. The average Bonchev–Trinajstić information content (AvgIpc) is 3.01. The van der Waals surface area contributed by atoms with E-state index in [1.54, 1.807) is 0 Å². The Kier molecular flexibility index (Phi) is 5.78. The van der Waals surface area contributed by atoms with E-state index in [1.165, 1.54) is 11.8 Å². The van der Waals surface area contributed by atoms with E-state index < -0.39 is 0 Å². The Morgan fingerprint density at radius 2 is 2.09 bits per heavy atom. The highest BCUT2D eigenvalue weighted by molar-refractivity contribution is 5.97. The van der Waals surface area contributed by atoms with Gasteiger partial charge in [-0.05, 0) is 44.7 Å². The van der Waals surface area contributed by atoms with Gasteiger partial charge >= 0.3 is 0 Å². The molecule has 23 heavy (non-hydrogen) atoms. The van der Waals surface area contributed by atoms with Gasteiger partial charge in [-0.1, -0.05) is 17.7 Å². The van der Waals surface area contributed by atoms with Gasteiger partial charge in [0, 0.05) is 25.0 Å². The molecule has 2 rings (SSSR count). The summed E-state index contributed by atoms with van der Waals surface area (Å²) in [5.41, 5.74) is 4.33. The second-order valence-electron chi connectivity index (χ2n) is 5.93. The van der Waals surface area contributed by atoms with Crippen molar-refractivity contribution in [3.63, 3.8) is 0 Å². The van der Waals surface area contributed by atoms with Gasteiger partial charge in [-0.2, -0.15) is 5.26 Å². The highest BCUT2D eigenvalue weighted by Gasteiger charge is 2.17. The maximum absolute atomic E-state index is 12.1. The van der Waals surface area contributed by atoms with Crippen molar-refractivity contribution >= 4 is 11.6 Å². The normalized spacial score (nSPS) is 17.7. The van der Waals surface area contributed by atoms with E-state index in [1.807, 2.05) is 26.8 Å². The molecule has 0 bridgehead atoms. The van der Waals surface area contributed by atoms with Crippen LogP contribution in [0.5, 0.6) is 0 Å². The topological polar surface area (TPSA) is 74.2 Å². The van der Waals surface area contributed by atoms with Gasteiger partial charge < -0.3 is 15.4 Å². The van der Waals surface area contributed by atoms with Gasteiger partial charge in [0.1, 0.15) is 11.6 Å². The summed E-state index contributed by atoms with van der Waals surface area (Å²) in [6, 6.07) is 6.07. The number of nitrogens with zero attached hydrogens (tertiary/aromatic N) is 1. The van der Waals surface area contributed by atoms with Crippen LogP contribution in [0.15, 0.2) is 23.9 Å². The van der Waals surface area contributed by atoms with Crippen molar-refractivity contribution in [1.29, 1.82) is 5.26 Å². The van der Waals surface area contributed by atoms with Gasteiger partial charge in [0.2, 0.25) is 0 Å². The second kappa shape index (κ2) is 7.80. The van der Waals surface area contributed by atoms with Crippen molar-refractivity contribution in [1.82, 2.24) is 5.32 Å². The molecule has 1 fully saturated rings. The van der Waals surface area contributed by atoms with Gasteiger partial charge in [-0.15, -0.1) is 0 Å². The summed E-state index contributed by atoms with van der Waals surface area (Å²) < 4.78 is 5.46. The zero-order valence-corrected chi connectivity index (χ0v) is 13.9. The number of benzene rings is 1. The molecular formula is C18H23N3O2. The number of rotatable bonds is 5. The van der Waals surface area contributed by atoms with Crippen molar-refractivity contribution in [3.8, 4) is 6.07 Å². The Morgan fingerprint density at radius 1 is 1.39 bits per heavy atom. The fourth-order valence-electron chi connectivity index (χ4n) is 2.81. The van der Waals surface area contributed by atoms with E-state index in [9.17, 15) is 10.1 Å². The highest BCUT2D eigenvalue weighted by atomic mass is 16.5. The molecule has 1 aromatic carbocycles. The predicted octanol–water partition coefficient (Wildman–Crippen LogP) is 2.73. The monoisotopic (exact) mass is 313 g/mol. The van der Waals surface area contributed by atoms with E-state index >= 15 is 0 Å². The molecule has 0 aromatic heterocycles. The first-order valence-corrected chi connectivity index (χ1v) is 7.85. The molecule has 1 heterocycles. The minimum absolute atomic E-state index is 0.0578. The Morgan fingerprint density at radius 3 is 2.65 bits per heavy atom. The van der Waals surface area contributed by atoms with Crippen molar-refractivity contribution in [2.75, 3.05) is 18.5 Å². The summed E-state index contributed by atoms with van der Waals surface area (Å²) in [5.74, 6) is -0.377. The molecule has 0 spiro atoms. The van der Waals surface area contributed by atoms with E-state index in [0.29, 0.717) is 6.54 Å². The van der Waals surface area contributed by atoms with Crippen LogP contribution in [-0.2, 0) is 9.53 Å². The summed E-state index contributed by atoms with van der Waals surface area (Å²) in [7, 11) is 0. The van der Waals surface area contributed by atoms with E-state index in [4.69, 9.17) is 4.74 Å². The molecule has 5 nitrogen and oxygen atoms in total. The number of amides is 1. The number of nitrogens with one attached hydrogen (secondary N) is 2. The van der Waals surface area contributed by atoms with Gasteiger partial charge in [0.05, 0.1) is 6.10 Å². The van der Waals surface area contributed by atoms with Crippen molar-refractivity contribution in [2.45, 2.75) is 39.7 Å². The second-order valence-corrected chi connectivity index (χ2v) is 5.93. The Hall–Kier alpha value is -2.32. The molecular weight excluding hydrogens is 290 g/mol. The number of hydrogen-bond acceptors (Lipinski definition) is 4. The minimum Gasteiger partial charge on any atom is -0.376 e. The zero-order valence-electron chi connectivity index (χ0n) is 13.9. The fraction of sp³-hybridized carbons (Fsp3) is 0.444. The predicted molar refractivity (Wildman–Crippen MR) is 90.0 cm³/mol. The van der Waals surface area contributed by atoms with Crippen LogP contribution in [0.25, 0.3) is 0 Å². The number of carbonyl (C=O) groups excluding carboxylic acids is 1. The number of anilines is 1. The third-order valence-corrected chi connectivity index (χ3v) is 3.92. The summed E-state index contributed by atoms with van der Waals surface area (Å²) >= 11 is 0. The molecule has 1 unspecified atom stereocenters. The van der Waals surface area contributed by atoms with Gasteiger partial charge in [-0.25, -0.2) is 0 Å². The van der Waals surface area contributed by atoms with E-state index in [0.717, 1.165) is 36.3 Å². The van der Waals surface area contributed by atoms with Crippen LogP contribution in [0.3, 0.4) is 0 Å². The standard InChI is InChI=1S/C18H23N3O2/c1-12-7-13(2)17(14(3)8-12)20-10-15(9-19)18(22)21-11-16-5-4-6-23-16/h7-8,10,16,20H,4-6,11H2,1-3H3,(H,21,22)/b15-10-. The van der Waals surface area contributed by atoms with Crippen LogP contribution < -0.4 is 10.6 Å². The van der Waals surface area contributed by atoms with E-state index in [2.05, 4.69) is 22.8 Å². The number of hydrogen-bond donors (Lipinski definition) is 2. The molecule has 5 heteroatoms. The minimum atomic E-state index is -0.377. The molecule has 1 amide bonds. The molecule has 1 aromatic rings. The number of carbonyl (C=O) groups is 1. The summed E-state index contributed by atoms with van der Waals surface area (Å²) in [6.45, 7) is 7.23. The van der Waals surface area contributed by atoms with Crippen molar-refractivity contribution in [3.05, 3.63) is 40.6 Å². The van der Waals surface area contributed by atoms with Gasteiger partial charge in [0.15, 0.2) is 0 Å². The lowest BCUT2D eigenvalue weighted by Crippen LogP contribution is -2.32. The summed E-state index contributed by atoms with van der Waals surface area (Å²) in [4.78, 5) is 12.1. The van der Waals surface area contributed by atoms with Crippen LogP contribution in [-0.4, -0.2) is 25.2 Å². The third-order valence-electron chi connectivity index (χ3n) is 3.92. The Bertz CT molecular complexity index is 630. The first-order valence-electron chi connectivity index (χ1n) is 7.85. The van der Waals surface area contributed by atoms with E-state index in [-0.39, 0.29) is 17.6 Å². The van der Waals surface area contributed by atoms with Crippen molar-refractivity contribution < 1.29 is 9.53 Å². The van der Waals surface area contributed by atoms with Crippen LogP contribution >= 0.6 is 0 Å².